The average molecular weight is 224 g/mol. The molecule has 1 amide bonds. The van der Waals surface area contributed by atoms with Crippen LogP contribution in [-0.2, 0) is 4.79 Å². The van der Waals surface area contributed by atoms with Gasteiger partial charge in [0.25, 0.3) is 5.03 Å². The third-order valence-electron chi connectivity index (χ3n) is 1.58. The predicted octanol–water partition coefficient (Wildman–Crippen LogP) is 0.714. The van der Waals surface area contributed by atoms with Gasteiger partial charge in [-0.3, -0.25) is 4.79 Å². The molecule has 0 aromatic carbocycles. The molecule has 0 fully saturated rings. The maximum absolute atomic E-state index is 11.2. The zero-order valence-electron chi connectivity index (χ0n) is 8.18. The number of hydrogen-bond acceptors (Lipinski definition) is 3. The molecule has 0 aliphatic heterocycles. The zero-order chi connectivity index (χ0) is 11.1. The minimum absolute atomic E-state index is 0.108. The van der Waals surface area contributed by atoms with Gasteiger partial charge in [-0.15, -0.1) is 6.58 Å². The summed E-state index contributed by atoms with van der Waals surface area (Å²) in [7, 11) is 0. The smallest absolute Gasteiger partial charge is 0.251 e. The molecule has 0 unspecified atom stereocenters. The van der Waals surface area contributed by atoms with Crippen molar-refractivity contribution in [1.82, 2.24) is 5.32 Å². The van der Waals surface area contributed by atoms with Crippen molar-refractivity contribution < 1.29 is 9.52 Å². The topological polar surface area (TPSA) is 56.0 Å². The summed E-state index contributed by atoms with van der Waals surface area (Å²) in [5, 5.41) is 14.3. The number of pyridine rings is 1. The standard InChI is InChI=1S/C10H12N2O2S/c1-2-6-11-9(13)8-15-10-5-3-4-7-12(10)14/h2-5,7H,1,6,8H2,(H,11,13). The highest BCUT2D eigenvalue weighted by molar-refractivity contribution is 7.99. The number of carbonyl (C=O) groups is 1. The lowest BCUT2D eigenvalue weighted by atomic mass is 10.5. The second-order valence-electron chi connectivity index (χ2n) is 2.75. The van der Waals surface area contributed by atoms with Crippen LogP contribution >= 0.6 is 11.8 Å². The van der Waals surface area contributed by atoms with Crippen molar-refractivity contribution in [2.45, 2.75) is 5.03 Å². The molecule has 1 N–H and O–H groups in total. The molecule has 0 aliphatic rings. The maximum atomic E-state index is 11.2. The summed E-state index contributed by atoms with van der Waals surface area (Å²) in [5.41, 5.74) is 0. The number of aromatic nitrogens is 1. The lowest BCUT2D eigenvalue weighted by Crippen LogP contribution is -2.30. The Morgan fingerprint density at radius 3 is 3.13 bits per heavy atom. The summed E-state index contributed by atoms with van der Waals surface area (Å²) < 4.78 is 0.742. The molecule has 1 aromatic heterocycles. The van der Waals surface area contributed by atoms with Crippen LogP contribution in [0.3, 0.4) is 0 Å². The van der Waals surface area contributed by atoms with Gasteiger partial charge in [0, 0.05) is 18.7 Å². The van der Waals surface area contributed by atoms with Crippen LogP contribution in [0, 0.1) is 5.21 Å². The van der Waals surface area contributed by atoms with E-state index in [9.17, 15) is 10.0 Å². The average Bonchev–Trinajstić information content (AvgIpc) is 2.25. The fourth-order valence-corrected chi connectivity index (χ4v) is 1.64. The van der Waals surface area contributed by atoms with Gasteiger partial charge in [-0.1, -0.05) is 6.08 Å². The first-order valence-corrected chi connectivity index (χ1v) is 5.41. The molecule has 1 heterocycles. The molecular weight excluding hydrogens is 212 g/mol. The number of nitrogens with zero attached hydrogens (tertiary/aromatic N) is 1. The molecule has 5 heteroatoms. The Morgan fingerprint density at radius 1 is 1.67 bits per heavy atom. The van der Waals surface area contributed by atoms with Gasteiger partial charge in [-0.2, -0.15) is 4.73 Å². The molecule has 0 spiro atoms. The summed E-state index contributed by atoms with van der Waals surface area (Å²) >= 11 is 1.21. The van der Waals surface area contributed by atoms with Gasteiger partial charge in [-0.25, -0.2) is 0 Å². The van der Waals surface area contributed by atoms with E-state index in [1.807, 2.05) is 0 Å². The number of rotatable bonds is 5. The number of carbonyl (C=O) groups excluding carboxylic acids is 1. The zero-order valence-corrected chi connectivity index (χ0v) is 9.00. The number of amides is 1. The first-order valence-electron chi connectivity index (χ1n) is 4.42. The molecule has 0 aliphatic carbocycles. The monoisotopic (exact) mass is 224 g/mol. The van der Waals surface area contributed by atoms with Crippen molar-refractivity contribution >= 4 is 17.7 Å². The molecule has 0 bridgehead atoms. The summed E-state index contributed by atoms with van der Waals surface area (Å²) in [6.45, 7) is 3.94. The minimum atomic E-state index is -0.108. The Bertz CT molecular complexity index is 355. The Balaban J connectivity index is 2.40. The van der Waals surface area contributed by atoms with Crippen molar-refractivity contribution in [3.8, 4) is 0 Å². The van der Waals surface area contributed by atoms with Gasteiger partial charge in [0.15, 0.2) is 6.20 Å². The van der Waals surface area contributed by atoms with Crippen molar-refractivity contribution in [2.75, 3.05) is 12.3 Å². The number of thioether (sulfide) groups is 1. The molecule has 0 saturated carbocycles. The SMILES string of the molecule is C=CCNC(=O)CSc1cccc[n+]1[O-]. The van der Waals surface area contributed by atoms with E-state index in [-0.39, 0.29) is 11.7 Å². The quantitative estimate of drug-likeness (QED) is 0.347. The van der Waals surface area contributed by atoms with Crippen LogP contribution < -0.4 is 10.0 Å². The van der Waals surface area contributed by atoms with Gasteiger partial charge >= 0.3 is 0 Å². The van der Waals surface area contributed by atoms with Crippen molar-refractivity contribution in [1.29, 1.82) is 0 Å². The lowest BCUT2D eigenvalue weighted by molar-refractivity contribution is -0.645. The van der Waals surface area contributed by atoms with Crippen LogP contribution in [0.1, 0.15) is 0 Å². The normalized spacial score (nSPS) is 9.60. The lowest BCUT2D eigenvalue weighted by Gasteiger charge is -2.03. The number of hydrogen-bond donors (Lipinski definition) is 1. The highest BCUT2D eigenvalue weighted by Gasteiger charge is 2.07. The Morgan fingerprint density at radius 2 is 2.47 bits per heavy atom. The maximum Gasteiger partial charge on any atom is 0.251 e. The second kappa shape index (κ2) is 6.08. The van der Waals surface area contributed by atoms with E-state index in [2.05, 4.69) is 11.9 Å². The highest BCUT2D eigenvalue weighted by atomic mass is 32.2. The molecule has 1 rings (SSSR count). The molecular formula is C10H12N2O2S. The van der Waals surface area contributed by atoms with Crippen LogP contribution in [0.5, 0.6) is 0 Å². The minimum Gasteiger partial charge on any atom is -0.618 e. The predicted molar refractivity (Wildman–Crippen MR) is 59.3 cm³/mol. The largest absolute Gasteiger partial charge is 0.618 e. The number of nitrogens with one attached hydrogen (secondary N) is 1. The Kier molecular flexibility index (Phi) is 4.70. The third-order valence-corrected chi connectivity index (χ3v) is 2.60. The molecule has 80 valence electrons. The first kappa shape index (κ1) is 11.6. The van der Waals surface area contributed by atoms with Crippen LogP contribution in [0.4, 0.5) is 0 Å². The Labute approximate surface area is 92.6 Å². The van der Waals surface area contributed by atoms with E-state index in [1.165, 1.54) is 18.0 Å². The van der Waals surface area contributed by atoms with Crippen molar-refractivity contribution in [2.24, 2.45) is 0 Å². The summed E-state index contributed by atoms with van der Waals surface area (Å²) in [6.07, 6.45) is 3.02. The molecule has 0 atom stereocenters. The van der Waals surface area contributed by atoms with Crippen LogP contribution in [0.15, 0.2) is 42.1 Å². The van der Waals surface area contributed by atoms with Gasteiger partial charge in [0.05, 0.1) is 5.75 Å². The molecule has 1 aromatic rings. The van der Waals surface area contributed by atoms with Crippen LogP contribution in [0.25, 0.3) is 0 Å². The van der Waals surface area contributed by atoms with E-state index in [0.717, 1.165) is 4.73 Å². The van der Waals surface area contributed by atoms with Gasteiger partial charge in [0.1, 0.15) is 0 Å². The molecule has 4 nitrogen and oxygen atoms in total. The van der Waals surface area contributed by atoms with Crippen LogP contribution in [-0.4, -0.2) is 18.2 Å². The van der Waals surface area contributed by atoms with E-state index in [4.69, 9.17) is 0 Å². The van der Waals surface area contributed by atoms with Crippen molar-refractivity contribution in [3.63, 3.8) is 0 Å². The summed E-state index contributed by atoms with van der Waals surface area (Å²) in [5.74, 6) is 0.129. The third kappa shape index (κ3) is 4.03. The van der Waals surface area contributed by atoms with E-state index in [1.54, 1.807) is 24.3 Å². The van der Waals surface area contributed by atoms with E-state index >= 15 is 0 Å². The van der Waals surface area contributed by atoms with Gasteiger partial charge < -0.3 is 10.5 Å². The fourth-order valence-electron chi connectivity index (χ4n) is 0.901. The van der Waals surface area contributed by atoms with Gasteiger partial charge in [-0.05, 0) is 17.8 Å². The highest BCUT2D eigenvalue weighted by Crippen LogP contribution is 2.11. The van der Waals surface area contributed by atoms with Crippen molar-refractivity contribution in [3.05, 3.63) is 42.3 Å². The summed E-state index contributed by atoms with van der Waals surface area (Å²) in [6, 6.07) is 5.09. The summed E-state index contributed by atoms with van der Waals surface area (Å²) in [4.78, 5) is 11.2. The molecule has 0 saturated heterocycles. The second-order valence-corrected chi connectivity index (χ2v) is 3.74. The molecule has 15 heavy (non-hydrogen) atoms. The van der Waals surface area contributed by atoms with E-state index in [0.29, 0.717) is 11.6 Å². The Hall–Kier alpha value is -1.49. The fraction of sp³-hybridized carbons (Fsp3) is 0.200. The first-order chi connectivity index (χ1) is 7.24. The van der Waals surface area contributed by atoms with E-state index < -0.39 is 0 Å². The van der Waals surface area contributed by atoms with Crippen LogP contribution in [0.2, 0.25) is 0 Å². The van der Waals surface area contributed by atoms with Gasteiger partial charge in [0.2, 0.25) is 5.91 Å². The molecule has 0 radical (unpaired) electrons.